The number of carbonyl (C=O) groups is 1. The maximum Gasteiger partial charge on any atom is 0.288 e. The van der Waals surface area contributed by atoms with E-state index < -0.39 is 16.4 Å². The molecule has 1 amide bonds. The lowest BCUT2D eigenvalue weighted by Gasteiger charge is -2.25. The van der Waals surface area contributed by atoms with Crippen molar-refractivity contribution < 1.29 is 14.5 Å². The first-order valence-electron chi connectivity index (χ1n) is 6.00. The molecule has 1 aromatic carbocycles. The van der Waals surface area contributed by atoms with Gasteiger partial charge in [0.2, 0.25) is 5.91 Å². The number of ether oxygens (including phenoxy) is 1. The fourth-order valence-corrected chi connectivity index (χ4v) is 2.16. The topological polar surface area (TPSA) is 121 Å². The zero-order chi connectivity index (χ0) is 14.9. The van der Waals surface area contributed by atoms with Crippen LogP contribution in [0.1, 0.15) is 12.8 Å². The van der Waals surface area contributed by atoms with Gasteiger partial charge in [-0.1, -0.05) is 11.6 Å². The lowest BCUT2D eigenvalue weighted by molar-refractivity contribution is -0.384. The summed E-state index contributed by atoms with van der Waals surface area (Å²) < 4.78 is 5.42. The Morgan fingerprint density at radius 3 is 2.65 bits per heavy atom. The minimum absolute atomic E-state index is 0.0218. The summed E-state index contributed by atoms with van der Waals surface area (Å²) in [7, 11) is 0. The highest BCUT2D eigenvalue weighted by atomic mass is 35.5. The van der Waals surface area contributed by atoms with Crippen LogP contribution in [0.15, 0.2) is 18.2 Å². The van der Waals surface area contributed by atoms with Crippen LogP contribution in [0.3, 0.4) is 0 Å². The van der Waals surface area contributed by atoms with Gasteiger partial charge in [0.05, 0.1) is 4.92 Å². The van der Waals surface area contributed by atoms with Crippen LogP contribution >= 0.6 is 11.6 Å². The van der Waals surface area contributed by atoms with E-state index in [1.165, 1.54) is 18.2 Å². The second kappa shape index (κ2) is 5.26. The molecular formula is C12H14ClN3O4. The molecule has 0 aromatic heterocycles. The molecule has 4 N–H and O–H groups in total. The summed E-state index contributed by atoms with van der Waals surface area (Å²) in [6.45, 7) is -0.0822. The summed E-state index contributed by atoms with van der Waals surface area (Å²) in [4.78, 5) is 21.5. The molecule has 0 spiro atoms. The van der Waals surface area contributed by atoms with Crippen LogP contribution in [0, 0.1) is 16.0 Å². The fraction of sp³-hybridized carbons (Fsp3) is 0.417. The van der Waals surface area contributed by atoms with Gasteiger partial charge in [-0.25, -0.2) is 0 Å². The summed E-state index contributed by atoms with van der Waals surface area (Å²) in [5, 5.41) is 10.6. The van der Waals surface area contributed by atoms with Crippen molar-refractivity contribution in [3.8, 4) is 5.75 Å². The molecule has 108 valence electrons. The predicted octanol–water partition coefficient (Wildman–Crippen LogP) is 1.22. The highest BCUT2D eigenvalue weighted by Gasteiger charge is 2.47. The smallest absolute Gasteiger partial charge is 0.288 e. The minimum atomic E-state index is -1.21. The molecule has 0 radical (unpaired) electrons. The Hall–Kier alpha value is -1.86. The van der Waals surface area contributed by atoms with Gasteiger partial charge in [0.15, 0.2) is 0 Å². The summed E-state index contributed by atoms with van der Waals surface area (Å²) in [5.41, 5.74) is 9.85. The maximum absolute atomic E-state index is 11.4. The number of nitrogens with two attached hydrogens (primary N) is 2. The number of nitro benzene ring substituents is 1. The summed E-state index contributed by atoms with van der Waals surface area (Å²) in [6.07, 6.45) is 1.67. The highest BCUT2D eigenvalue weighted by molar-refractivity contribution is 6.32. The van der Waals surface area contributed by atoms with Crippen molar-refractivity contribution in [1.29, 1.82) is 0 Å². The summed E-state index contributed by atoms with van der Waals surface area (Å²) >= 11 is 5.77. The number of nitro groups is 1. The van der Waals surface area contributed by atoms with Crippen molar-refractivity contribution in [2.75, 3.05) is 6.61 Å². The van der Waals surface area contributed by atoms with Crippen LogP contribution in [0.5, 0.6) is 5.75 Å². The van der Waals surface area contributed by atoms with Crippen molar-refractivity contribution in [1.82, 2.24) is 0 Å². The van der Waals surface area contributed by atoms with Crippen LogP contribution in [-0.2, 0) is 4.79 Å². The minimum Gasteiger partial charge on any atom is -0.491 e. The van der Waals surface area contributed by atoms with Gasteiger partial charge in [0, 0.05) is 12.1 Å². The third-order valence-electron chi connectivity index (χ3n) is 3.36. The summed E-state index contributed by atoms with van der Waals surface area (Å²) in [5.74, 6) is -0.293. The number of rotatable bonds is 6. The Bertz CT molecular complexity index is 562. The first kappa shape index (κ1) is 14.5. The van der Waals surface area contributed by atoms with E-state index in [0.29, 0.717) is 5.75 Å². The predicted molar refractivity (Wildman–Crippen MR) is 72.4 cm³/mol. The Morgan fingerprint density at radius 1 is 1.55 bits per heavy atom. The van der Waals surface area contributed by atoms with Crippen LogP contribution in [0.2, 0.25) is 5.02 Å². The number of hydrogen-bond acceptors (Lipinski definition) is 5. The van der Waals surface area contributed by atoms with E-state index in [1.807, 2.05) is 0 Å². The number of nitrogens with zero attached hydrogens (tertiary/aromatic N) is 1. The van der Waals surface area contributed by atoms with E-state index in [4.69, 9.17) is 27.8 Å². The largest absolute Gasteiger partial charge is 0.491 e. The van der Waals surface area contributed by atoms with Crippen molar-refractivity contribution in [3.63, 3.8) is 0 Å². The first-order valence-corrected chi connectivity index (χ1v) is 6.38. The number of halogens is 1. The Labute approximate surface area is 120 Å². The second-order valence-corrected chi connectivity index (χ2v) is 5.25. The summed E-state index contributed by atoms with van der Waals surface area (Å²) in [6, 6.07) is 3.95. The van der Waals surface area contributed by atoms with Gasteiger partial charge in [-0.3, -0.25) is 14.9 Å². The van der Waals surface area contributed by atoms with E-state index in [0.717, 1.165) is 12.8 Å². The molecule has 0 saturated heterocycles. The van der Waals surface area contributed by atoms with Crippen LogP contribution in [0.4, 0.5) is 5.69 Å². The molecule has 7 nitrogen and oxygen atoms in total. The molecule has 1 aromatic rings. The van der Waals surface area contributed by atoms with Gasteiger partial charge in [0.25, 0.3) is 5.69 Å². The fourth-order valence-electron chi connectivity index (χ4n) is 1.92. The second-order valence-electron chi connectivity index (χ2n) is 4.84. The van der Waals surface area contributed by atoms with E-state index in [2.05, 4.69) is 0 Å². The van der Waals surface area contributed by atoms with Gasteiger partial charge < -0.3 is 16.2 Å². The van der Waals surface area contributed by atoms with Crippen molar-refractivity contribution >= 4 is 23.2 Å². The molecule has 1 unspecified atom stereocenters. The third-order valence-corrected chi connectivity index (χ3v) is 3.66. The van der Waals surface area contributed by atoms with Crippen molar-refractivity contribution in [2.24, 2.45) is 17.4 Å². The van der Waals surface area contributed by atoms with Gasteiger partial charge >= 0.3 is 0 Å². The first-order chi connectivity index (χ1) is 9.34. The lowest BCUT2D eigenvalue weighted by Crippen LogP contribution is -2.58. The van der Waals surface area contributed by atoms with Crippen molar-refractivity contribution in [2.45, 2.75) is 18.4 Å². The Balaban J connectivity index is 2.09. The SMILES string of the molecule is NC(=O)C(N)(COc1ccc([N+](=O)[O-])c(Cl)c1)C1CC1. The molecule has 1 saturated carbocycles. The number of amides is 1. The number of benzene rings is 1. The van der Waals surface area contributed by atoms with Gasteiger partial charge in [0.1, 0.15) is 22.9 Å². The Kier molecular flexibility index (Phi) is 3.82. The Morgan fingerprint density at radius 2 is 2.20 bits per heavy atom. The van der Waals surface area contributed by atoms with Crippen LogP contribution < -0.4 is 16.2 Å². The number of primary amides is 1. The molecule has 1 fully saturated rings. The molecule has 1 atom stereocenters. The highest BCUT2D eigenvalue weighted by Crippen LogP contribution is 2.38. The molecular weight excluding hydrogens is 286 g/mol. The quantitative estimate of drug-likeness (QED) is 0.604. The molecule has 1 aliphatic rings. The van der Waals surface area contributed by atoms with E-state index in [-0.39, 0.29) is 23.2 Å². The van der Waals surface area contributed by atoms with Crippen LogP contribution in [-0.4, -0.2) is 23.0 Å². The lowest BCUT2D eigenvalue weighted by atomic mass is 9.95. The van der Waals surface area contributed by atoms with Crippen molar-refractivity contribution in [3.05, 3.63) is 33.3 Å². The van der Waals surface area contributed by atoms with Gasteiger partial charge in [-0.2, -0.15) is 0 Å². The standard InChI is InChI=1S/C12H14ClN3O4/c13-9-5-8(3-4-10(9)16(18)19)20-6-12(15,11(14)17)7-1-2-7/h3-5,7H,1-2,6,15H2,(H2,14,17). The van der Waals surface area contributed by atoms with Gasteiger partial charge in [-0.15, -0.1) is 0 Å². The molecule has 0 aliphatic heterocycles. The van der Waals surface area contributed by atoms with E-state index in [9.17, 15) is 14.9 Å². The molecule has 20 heavy (non-hydrogen) atoms. The molecule has 0 bridgehead atoms. The number of hydrogen-bond donors (Lipinski definition) is 2. The van der Waals surface area contributed by atoms with E-state index in [1.54, 1.807) is 0 Å². The van der Waals surface area contributed by atoms with Gasteiger partial charge in [-0.05, 0) is 24.8 Å². The molecule has 1 aliphatic carbocycles. The molecule has 0 heterocycles. The monoisotopic (exact) mass is 299 g/mol. The normalized spacial score (nSPS) is 17.3. The molecule has 8 heteroatoms. The maximum atomic E-state index is 11.4. The third kappa shape index (κ3) is 2.83. The zero-order valence-electron chi connectivity index (χ0n) is 10.5. The van der Waals surface area contributed by atoms with Crippen LogP contribution in [0.25, 0.3) is 0 Å². The average Bonchev–Trinajstić information content (AvgIpc) is 3.19. The number of carbonyl (C=O) groups excluding carboxylic acids is 1. The van der Waals surface area contributed by atoms with E-state index >= 15 is 0 Å². The zero-order valence-corrected chi connectivity index (χ0v) is 11.3. The molecule has 2 rings (SSSR count). The average molecular weight is 300 g/mol.